The molecule has 4 N–H and O–H groups in total. The van der Waals surface area contributed by atoms with Gasteiger partial charge >= 0.3 is 5.97 Å². The van der Waals surface area contributed by atoms with Crippen molar-refractivity contribution in [2.45, 2.75) is 12.1 Å². The van der Waals surface area contributed by atoms with Crippen LogP contribution in [0.5, 0.6) is 0 Å². The Bertz CT molecular complexity index is 380. The summed E-state index contributed by atoms with van der Waals surface area (Å²) in [6.45, 7) is -0.218. The van der Waals surface area contributed by atoms with Gasteiger partial charge in [0.2, 0.25) is 5.91 Å². The van der Waals surface area contributed by atoms with Gasteiger partial charge in [-0.15, -0.1) is 11.3 Å². The zero-order valence-corrected chi connectivity index (χ0v) is 10.1. The number of thiophene rings is 1. The molecule has 1 aromatic heterocycles. The van der Waals surface area contributed by atoms with Crippen molar-refractivity contribution in [3.8, 4) is 0 Å². The van der Waals surface area contributed by atoms with Crippen molar-refractivity contribution in [3.05, 3.63) is 22.4 Å². The molecule has 17 heavy (non-hydrogen) atoms. The Balaban J connectivity index is 2.42. The maximum atomic E-state index is 11.6. The van der Waals surface area contributed by atoms with Gasteiger partial charge in [0.1, 0.15) is 6.04 Å². The second-order valence-corrected chi connectivity index (χ2v) is 4.26. The summed E-state index contributed by atoms with van der Waals surface area (Å²) in [6, 6.07) is 2.74. The first-order valence-corrected chi connectivity index (χ1v) is 5.76. The van der Waals surface area contributed by atoms with Crippen molar-refractivity contribution in [1.29, 1.82) is 0 Å². The van der Waals surface area contributed by atoms with E-state index >= 15 is 0 Å². The number of aliphatic hydroxyl groups is 1. The number of hydrogen-bond acceptors (Lipinski definition) is 6. The van der Waals surface area contributed by atoms with Crippen molar-refractivity contribution in [2.75, 3.05) is 13.7 Å². The van der Waals surface area contributed by atoms with E-state index in [1.807, 2.05) is 5.38 Å². The summed E-state index contributed by atoms with van der Waals surface area (Å²) in [7, 11) is 1.16. The van der Waals surface area contributed by atoms with Crippen molar-refractivity contribution in [2.24, 2.45) is 5.73 Å². The maximum absolute atomic E-state index is 11.6. The van der Waals surface area contributed by atoms with Crippen LogP contribution in [-0.4, -0.2) is 36.7 Å². The molecule has 0 bridgehead atoms. The molecule has 0 aromatic carbocycles. The van der Waals surface area contributed by atoms with E-state index in [0.717, 1.165) is 12.0 Å². The van der Waals surface area contributed by atoms with Gasteiger partial charge in [-0.05, 0) is 11.4 Å². The highest BCUT2D eigenvalue weighted by Gasteiger charge is 2.20. The molecule has 0 spiro atoms. The molecular weight excluding hydrogens is 244 g/mol. The van der Waals surface area contributed by atoms with E-state index < -0.39 is 24.0 Å². The van der Waals surface area contributed by atoms with E-state index in [1.54, 1.807) is 12.1 Å². The number of hydrogen-bond donors (Lipinski definition) is 3. The van der Waals surface area contributed by atoms with Gasteiger partial charge in [0.05, 0.1) is 13.7 Å². The monoisotopic (exact) mass is 258 g/mol. The number of nitrogens with two attached hydrogens (primary N) is 1. The Morgan fingerprint density at radius 1 is 1.65 bits per heavy atom. The highest BCUT2D eigenvalue weighted by atomic mass is 32.1. The largest absolute Gasteiger partial charge is 0.467 e. The Labute approximate surface area is 102 Å². The Kier molecular flexibility index (Phi) is 5.08. The van der Waals surface area contributed by atoms with Crippen LogP contribution in [0, 0.1) is 0 Å². The summed E-state index contributed by atoms with van der Waals surface area (Å²) >= 11 is 1.36. The first-order chi connectivity index (χ1) is 8.06. The van der Waals surface area contributed by atoms with Crippen LogP contribution in [0.2, 0.25) is 0 Å². The number of ether oxygens (including phenoxy) is 1. The van der Waals surface area contributed by atoms with Crippen molar-refractivity contribution >= 4 is 23.2 Å². The number of esters is 1. The molecule has 0 fully saturated rings. The molecule has 1 heterocycles. The van der Waals surface area contributed by atoms with Crippen molar-refractivity contribution in [3.63, 3.8) is 0 Å². The smallest absolute Gasteiger partial charge is 0.336 e. The lowest BCUT2D eigenvalue weighted by molar-refractivity contribution is -0.150. The zero-order valence-electron chi connectivity index (χ0n) is 9.25. The second-order valence-electron chi connectivity index (χ2n) is 3.28. The van der Waals surface area contributed by atoms with E-state index in [2.05, 4.69) is 10.1 Å². The molecule has 0 saturated carbocycles. The highest BCUT2D eigenvalue weighted by Crippen LogP contribution is 2.16. The van der Waals surface area contributed by atoms with Crippen LogP contribution in [0.4, 0.5) is 0 Å². The predicted molar refractivity (Wildman–Crippen MR) is 62.3 cm³/mol. The Hall–Kier alpha value is -1.44. The summed E-state index contributed by atoms with van der Waals surface area (Å²) in [5, 5.41) is 13.4. The first-order valence-electron chi connectivity index (χ1n) is 4.89. The van der Waals surface area contributed by atoms with Crippen LogP contribution in [0.25, 0.3) is 0 Å². The quantitative estimate of drug-likeness (QED) is 0.612. The average molecular weight is 258 g/mol. The van der Waals surface area contributed by atoms with Gasteiger partial charge in [-0.2, -0.15) is 0 Å². The minimum Gasteiger partial charge on any atom is -0.467 e. The summed E-state index contributed by atoms with van der Waals surface area (Å²) in [4.78, 5) is 23.2. The fourth-order valence-corrected chi connectivity index (χ4v) is 1.85. The fourth-order valence-electron chi connectivity index (χ4n) is 1.12. The normalized spacial score (nSPS) is 13.8. The average Bonchev–Trinajstić information content (AvgIpc) is 2.87. The minimum absolute atomic E-state index is 0.218. The Morgan fingerprint density at radius 2 is 2.35 bits per heavy atom. The van der Waals surface area contributed by atoms with Gasteiger partial charge < -0.3 is 20.9 Å². The lowest BCUT2D eigenvalue weighted by atomic mass is 10.2. The molecule has 1 rings (SSSR count). The standard InChI is InChI=1S/C10H14N2O4S/c1-16-10(15)6(13)5-12-9(14)8(11)7-3-2-4-17-7/h2-4,6,8,13H,5,11H2,1H3,(H,12,14). The molecule has 1 amide bonds. The molecule has 6 nitrogen and oxygen atoms in total. The summed E-state index contributed by atoms with van der Waals surface area (Å²) in [6.07, 6.45) is -1.38. The van der Waals surface area contributed by atoms with Crippen LogP contribution in [0.15, 0.2) is 17.5 Å². The molecule has 2 atom stereocenters. The molecule has 0 aliphatic rings. The number of aliphatic hydroxyl groups excluding tert-OH is 1. The lowest BCUT2D eigenvalue weighted by Gasteiger charge is -2.13. The van der Waals surface area contributed by atoms with Crippen LogP contribution in [0.1, 0.15) is 10.9 Å². The summed E-state index contributed by atoms with van der Waals surface area (Å²) in [5.74, 6) is -1.25. The van der Waals surface area contributed by atoms with Gasteiger partial charge in [-0.1, -0.05) is 6.07 Å². The van der Waals surface area contributed by atoms with Gasteiger partial charge in [0, 0.05) is 4.88 Å². The lowest BCUT2D eigenvalue weighted by Crippen LogP contribution is -2.41. The van der Waals surface area contributed by atoms with Crippen molar-refractivity contribution < 1.29 is 19.4 Å². The van der Waals surface area contributed by atoms with Gasteiger partial charge in [0.25, 0.3) is 0 Å². The third-order valence-electron chi connectivity index (χ3n) is 2.08. The Morgan fingerprint density at radius 3 is 2.88 bits per heavy atom. The van der Waals surface area contributed by atoms with Crippen LogP contribution in [-0.2, 0) is 14.3 Å². The summed E-state index contributed by atoms with van der Waals surface area (Å²) in [5.41, 5.74) is 5.68. The van der Waals surface area contributed by atoms with E-state index in [1.165, 1.54) is 11.3 Å². The van der Waals surface area contributed by atoms with Crippen LogP contribution in [0.3, 0.4) is 0 Å². The van der Waals surface area contributed by atoms with Crippen molar-refractivity contribution in [1.82, 2.24) is 5.32 Å². The van der Waals surface area contributed by atoms with E-state index in [0.29, 0.717) is 0 Å². The van der Waals surface area contributed by atoms with E-state index in [4.69, 9.17) is 5.73 Å². The predicted octanol–water partition coefficient (Wildman–Crippen LogP) is -0.602. The molecular formula is C10H14N2O4S. The topological polar surface area (TPSA) is 102 Å². The minimum atomic E-state index is -1.38. The first kappa shape index (κ1) is 13.6. The molecule has 0 radical (unpaired) electrons. The summed E-state index contributed by atoms with van der Waals surface area (Å²) < 4.78 is 4.31. The van der Waals surface area contributed by atoms with Gasteiger partial charge in [-0.25, -0.2) is 4.79 Å². The molecule has 0 aliphatic heterocycles. The highest BCUT2D eigenvalue weighted by molar-refractivity contribution is 7.10. The van der Waals surface area contributed by atoms with Gasteiger partial charge in [0.15, 0.2) is 6.10 Å². The third kappa shape index (κ3) is 3.81. The van der Waals surface area contributed by atoms with Gasteiger partial charge in [-0.3, -0.25) is 4.79 Å². The van der Waals surface area contributed by atoms with E-state index in [-0.39, 0.29) is 6.54 Å². The number of amides is 1. The molecule has 7 heteroatoms. The molecule has 2 unspecified atom stereocenters. The number of nitrogens with one attached hydrogen (secondary N) is 1. The second kappa shape index (κ2) is 6.33. The fraction of sp³-hybridized carbons (Fsp3) is 0.400. The molecule has 0 aliphatic carbocycles. The SMILES string of the molecule is COC(=O)C(O)CNC(=O)C(N)c1cccs1. The number of rotatable bonds is 5. The van der Waals surface area contributed by atoms with E-state index in [9.17, 15) is 14.7 Å². The number of carbonyl (C=O) groups excluding carboxylic acids is 2. The zero-order chi connectivity index (χ0) is 12.8. The molecule has 1 aromatic rings. The van der Waals surface area contributed by atoms with Crippen LogP contribution >= 0.6 is 11.3 Å². The third-order valence-corrected chi connectivity index (χ3v) is 3.03. The van der Waals surface area contributed by atoms with Crippen LogP contribution < -0.4 is 11.1 Å². The molecule has 0 saturated heterocycles. The molecule has 94 valence electrons. The number of carbonyl (C=O) groups is 2. The maximum Gasteiger partial charge on any atom is 0.336 e. The number of methoxy groups -OCH3 is 1.